The molecule has 2 aliphatic rings. The van der Waals surface area contributed by atoms with Crippen LogP contribution in [0.1, 0.15) is 48.3 Å². The molecule has 3 aromatic carbocycles. The number of nitro groups is 1. The Morgan fingerprint density at radius 3 is 2.44 bits per heavy atom. The zero-order valence-corrected chi connectivity index (χ0v) is 22.1. The number of carbonyl (C=O) groups excluding carboxylic acids is 2. The minimum absolute atomic E-state index is 0.106. The molecule has 5 rings (SSSR count). The zero-order chi connectivity index (χ0) is 27.5. The SMILES string of the molecule is CC1=NC2=C(C(=O)C[C@@H](c3ccc(Cl)cc3)C2)[C@@H](c2ccccc2[N+](=O)[O-])C1C(=O)OCCc1ccccc1. The number of ether oxygens (including phenoxy) is 1. The lowest BCUT2D eigenvalue weighted by Gasteiger charge is -2.36. The molecule has 3 atom stereocenters. The number of nitro benzene ring substituents is 1. The number of halogens is 1. The van der Waals surface area contributed by atoms with Crippen LogP contribution in [-0.2, 0) is 20.7 Å². The molecule has 0 saturated carbocycles. The molecule has 1 aliphatic carbocycles. The van der Waals surface area contributed by atoms with Crippen molar-refractivity contribution in [3.8, 4) is 0 Å². The van der Waals surface area contributed by atoms with Crippen LogP contribution < -0.4 is 0 Å². The molecule has 0 N–H and O–H groups in total. The largest absolute Gasteiger partial charge is 0.465 e. The maximum Gasteiger partial charge on any atom is 0.315 e. The molecule has 39 heavy (non-hydrogen) atoms. The van der Waals surface area contributed by atoms with E-state index >= 15 is 0 Å². The van der Waals surface area contributed by atoms with Crippen molar-refractivity contribution in [3.63, 3.8) is 0 Å². The highest BCUT2D eigenvalue weighted by molar-refractivity contribution is 6.30. The Labute approximate surface area is 231 Å². The monoisotopic (exact) mass is 542 g/mol. The summed E-state index contributed by atoms with van der Waals surface area (Å²) in [7, 11) is 0. The Bertz CT molecular complexity index is 1480. The van der Waals surface area contributed by atoms with Crippen molar-refractivity contribution in [2.24, 2.45) is 10.9 Å². The summed E-state index contributed by atoms with van der Waals surface area (Å²) in [6.45, 7) is 1.87. The summed E-state index contributed by atoms with van der Waals surface area (Å²) in [5.74, 6) is -2.63. The van der Waals surface area contributed by atoms with Crippen molar-refractivity contribution in [2.75, 3.05) is 6.61 Å². The van der Waals surface area contributed by atoms with Crippen LogP contribution in [-0.4, -0.2) is 29.0 Å². The molecule has 8 heteroatoms. The van der Waals surface area contributed by atoms with Crippen LogP contribution in [0.25, 0.3) is 0 Å². The van der Waals surface area contributed by atoms with Crippen LogP contribution in [0.5, 0.6) is 0 Å². The average molecular weight is 543 g/mol. The van der Waals surface area contributed by atoms with Gasteiger partial charge in [0.1, 0.15) is 5.92 Å². The van der Waals surface area contributed by atoms with Gasteiger partial charge < -0.3 is 4.74 Å². The van der Waals surface area contributed by atoms with Gasteiger partial charge in [0.15, 0.2) is 5.78 Å². The van der Waals surface area contributed by atoms with E-state index in [1.165, 1.54) is 6.07 Å². The van der Waals surface area contributed by atoms with Crippen molar-refractivity contribution in [1.29, 1.82) is 0 Å². The first-order valence-electron chi connectivity index (χ1n) is 12.8. The second-order valence-corrected chi connectivity index (χ2v) is 10.3. The van der Waals surface area contributed by atoms with Crippen LogP contribution in [0.4, 0.5) is 5.69 Å². The van der Waals surface area contributed by atoms with Crippen LogP contribution >= 0.6 is 11.6 Å². The number of nitrogens with zero attached hydrogens (tertiary/aromatic N) is 2. The normalized spacial score (nSPS) is 20.7. The van der Waals surface area contributed by atoms with E-state index in [0.29, 0.717) is 40.4 Å². The summed E-state index contributed by atoms with van der Waals surface area (Å²) in [6, 6.07) is 23.3. The smallest absolute Gasteiger partial charge is 0.315 e. The standard InChI is InChI=1S/C31H27ClN2O5/c1-19-28(31(36)39-16-15-20-7-3-2-4-8-20)29(24-9-5-6-10-26(24)34(37)38)30-25(33-19)17-22(18-27(30)35)21-11-13-23(32)14-12-21/h2-14,22,28-29H,15-18H2,1H3/t22-,28?,29-/m0/s1. The van der Waals surface area contributed by atoms with Gasteiger partial charge >= 0.3 is 5.97 Å². The topological polar surface area (TPSA) is 98.9 Å². The second-order valence-electron chi connectivity index (χ2n) is 9.87. The molecule has 0 fully saturated rings. The van der Waals surface area contributed by atoms with Crippen molar-refractivity contribution in [3.05, 3.63) is 122 Å². The highest BCUT2D eigenvalue weighted by Gasteiger charge is 2.46. The lowest BCUT2D eigenvalue weighted by molar-refractivity contribution is -0.385. The van der Waals surface area contributed by atoms with Crippen molar-refractivity contribution in [2.45, 2.75) is 38.0 Å². The number of aliphatic imine (C=N–C) groups is 1. The third-order valence-electron chi connectivity index (χ3n) is 7.43. The van der Waals surface area contributed by atoms with E-state index in [1.807, 2.05) is 42.5 Å². The van der Waals surface area contributed by atoms with E-state index in [4.69, 9.17) is 21.3 Å². The predicted molar refractivity (Wildman–Crippen MR) is 149 cm³/mol. The quantitative estimate of drug-likeness (QED) is 0.190. The first-order chi connectivity index (χ1) is 18.8. The Balaban J connectivity index is 1.51. The molecule has 7 nitrogen and oxygen atoms in total. The Morgan fingerprint density at radius 2 is 1.72 bits per heavy atom. The fourth-order valence-corrected chi connectivity index (χ4v) is 5.72. The van der Waals surface area contributed by atoms with Crippen molar-refractivity contribution < 1.29 is 19.2 Å². The van der Waals surface area contributed by atoms with Gasteiger partial charge in [-0.25, -0.2) is 0 Å². The molecule has 0 aromatic heterocycles. The maximum atomic E-state index is 13.7. The van der Waals surface area contributed by atoms with E-state index in [-0.39, 0.29) is 30.4 Å². The minimum Gasteiger partial charge on any atom is -0.465 e. The molecular formula is C31H27ClN2O5. The fraction of sp³-hybridized carbons (Fsp3) is 0.258. The van der Waals surface area contributed by atoms with Gasteiger partial charge in [-0.3, -0.25) is 24.7 Å². The van der Waals surface area contributed by atoms with E-state index < -0.39 is 22.7 Å². The maximum absolute atomic E-state index is 13.7. The molecule has 0 saturated heterocycles. The molecule has 1 aliphatic heterocycles. The summed E-state index contributed by atoms with van der Waals surface area (Å²) >= 11 is 6.06. The van der Waals surface area contributed by atoms with E-state index in [0.717, 1.165) is 11.1 Å². The summed E-state index contributed by atoms with van der Waals surface area (Å²) < 4.78 is 5.69. The zero-order valence-electron chi connectivity index (χ0n) is 21.4. The lowest BCUT2D eigenvalue weighted by atomic mass is 9.69. The third kappa shape index (κ3) is 5.54. The average Bonchev–Trinajstić information content (AvgIpc) is 2.93. The molecule has 198 valence electrons. The molecule has 0 amide bonds. The summed E-state index contributed by atoms with van der Waals surface area (Å²) in [4.78, 5) is 43.6. The van der Waals surface area contributed by atoms with E-state index in [9.17, 15) is 19.7 Å². The van der Waals surface area contributed by atoms with E-state index in [1.54, 1.807) is 37.3 Å². The van der Waals surface area contributed by atoms with Gasteiger partial charge in [-0.1, -0.05) is 72.3 Å². The number of ketones is 1. The Kier molecular flexibility index (Phi) is 7.70. The second kappa shape index (κ2) is 11.3. The summed E-state index contributed by atoms with van der Waals surface area (Å²) in [5.41, 5.74) is 3.58. The number of carbonyl (C=O) groups is 2. The first-order valence-corrected chi connectivity index (χ1v) is 13.2. The molecule has 0 spiro atoms. The summed E-state index contributed by atoms with van der Waals surface area (Å²) in [5, 5.41) is 12.6. The van der Waals surface area contributed by atoms with Gasteiger partial charge in [0, 0.05) is 52.4 Å². The Hall–Kier alpha value is -4.10. The van der Waals surface area contributed by atoms with Crippen LogP contribution in [0.3, 0.4) is 0 Å². The number of allylic oxidation sites excluding steroid dienone is 2. The highest BCUT2D eigenvalue weighted by atomic mass is 35.5. The van der Waals surface area contributed by atoms with Gasteiger partial charge in [-0.15, -0.1) is 0 Å². The number of para-hydroxylation sites is 1. The number of hydrogen-bond acceptors (Lipinski definition) is 6. The number of benzene rings is 3. The van der Waals surface area contributed by atoms with Crippen LogP contribution in [0.2, 0.25) is 5.02 Å². The van der Waals surface area contributed by atoms with Crippen molar-refractivity contribution >= 4 is 34.8 Å². The molecule has 1 unspecified atom stereocenters. The number of rotatable bonds is 7. The molecular weight excluding hydrogens is 516 g/mol. The molecule has 0 radical (unpaired) electrons. The number of hydrogen-bond donors (Lipinski definition) is 0. The van der Waals surface area contributed by atoms with Gasteiger partial charge in [0.25, 0.3) is 5.69 Å². The molecule has 3 aromatic rings. The predicted octanol–water partition coefficient (Wildman–Crippen LogP) is 6.61. The van der Waals surface area contributed by atoms with Crippen LogP contribution in [0.15, 0.2) is 95.1 Å². The Morgan fingerprint density at radius 1 is 1.03 bits per heavy atom. The highest BCUT2D eigenvalue weighted by Crippen LogP contribution is 2.48. The summed E-state index contributed by atoms with van der Waals surface area (Å²) in [6.07, 6.45) is 1.22. The minimum atomic E-state index is -0.948. The number of Topliss-reactive ketones (excluding diaryl/α,β-unsaturated/α-hetero) is 1. The molecule has 0 bridgehead atoms. The van der Waals surface area contributed by atoms with Gasteiger partial charge in [0.05, 0.1) is 11.5 Å². The van der Waals surface area contributed by atoms with Gasteiger partial charge in [-0.2, -0.15) is 0 Å². The fourth-order valence-electron chi connectivity index (χ4n) is 5.59. The number of esters is 1. The van der Waals surface area contributed by atoms with Gasteiger partial charge in [0.2, 0.25) is 0 Å². The van der Waals surface area contributed by atoms with Gasteiger partial charge in [-0.05, 0) is 42.5 Å². The third-order valence-corrected chi connectivity index (χ3v) is 7.68. The van der Waals surface area contributed by atoms with Crippen molar-refractivity contribution in [1.82, 2.24) is 0 Å². The van der Waals surface area contributed by atoms with Crippen LogP contribution in [0, 0.1) is 16.0 Å². The lowest BCUT2D eigenvalue weighted by Crippen LogP contribution is -2.38. The molecule has 1 heterocycles. The van der Waals surface area contributed by atoms with E-state index in [2.05, 4.69) is 0 Å². The first kappa shape index (κ1) is 26.5.